The third kappa shape index (κ3) is 4.98. The van der Waals surface area contributed by atoms with Crippen molar-refractivity contribution in [1.82, 2.24) is 9.97 Å². The van der Waals surface area contributed by atoms with Crippen LogP contribution in [0.1, 0.15) is 40.4 Å². The molecule has 0 bridgehead atoms. The molecule has 3 aromatic carbocycles. The Kier molecular flexibility index (Phi) is 7.08. The van der Waals surface area contributed by atoms with E-state index in [1.165, 1.54) is 33.3 Å². The Labute approximate surface area is 237 Å². The number of amides is 1. The van der Waals surface area contributed by atoms with Crippen molar-refractivity contribution >= 4 is 48.3 Å². The van der Waals surface area contributed by atoms with Crippen LogP contribution in [0.15, 0.2) is 96.2 Å². The number of aryl methyl sites for hydroxylation is 2. The summed E-state index contributed by atoms with van der Waals surface area (Å²) in [4.78, 5) is 24.7. The molecule has 40 heavy (non-hydrogen) atoms. The number of carbonyl (C=O) groups is 1. The summed E-state index contributed by atoms with van der Waals surface area (Å²) in [6.45, 7) is 2.82. The molecule has 7 nitrogen and oxygen atoms in total. The van der Waals surface area contributed by atoms with E-state index in [-0.39, 0.29) is 17.3 Å². The summed E-state index contributed by atoms with van der Waals surface area (Å²) < 4.78 is 29.7. The van der Waals surface area contributed by atoms with Crippen molar-refractivity contribution in [3.63, 3.8) is 0 Å². The van der Waals surface area contributed by atoms with E-state index >= 15 is 0 Å². The van der Waals surface area contributed by atoms with Gasteiger partial charge in [0.05, 0.1) is 27.3 Å². The van der Waals surface area contributed by atoms with E-state index in [0.29, 0.717) is 17.2 Å². The van der Waals surface area contributed by atoms with Gasteiger partial charge in [-0.15, -0.1) is 0 Å². The lowest BCUT2D eigenvalue weighted by atomic mass is 10.0. The van der Waals surface area contributed by atoms with Gasteiger partial charge in [-0.3, -0.25) is 19.0 Å². The number of fused-ring (bicyclic) bond motifs is 2. The van der Waals surface area contributed by atoms with Gasteiger partial charge in [-0.25, -0.2) is 13.4 Å². The summed E-state index contributed by atoms with van der Waals surface area (Å²) in [6, 6.07) is 23.7. The number of hydrogen-bond donors (Lipinski definition) is 0. The largest absolute Gasteiger partial charge is 0.279 e. The van der Waals surface area contributed by atoms with E-state index in [1.807, 2.05) is 42.5 Å². The van der Waals surface area contributed by atoms with Gasteiger partial charge >= 0.3 is 0 Å². The van der Waals surface area contributed by atoms with Gasteiger partial charge in [0.1, 0.15) is 0 Å². The highest BCUT2D eigenvalue weighted by Gasteiger charge is 2.29. The maximum atomic E-state index is 13.9. The van der Waals surface area contributed by atoms with Gasteiger partial charge in [0.2, 0.25) is 0 Å². The molecule has 202 valence electrons. The summed E-state index contributed by atoms with van der Waals surface area (Å²) in [5, 5.41) is 0.582. The van der Waals surface area contributed by atoms with Crippen LogP contribution in [0.25, 0.3) is 10.2 Å². The van der Waals surface area contributed by atoms with Crippen LogP contribution in [0.5, 0.6) is 0 Å². The van der Waals surface area contributed by atoms with E-state index in [4.69, 9.17) is 4.98 Å². The van der Waals surface area contributed by atoms with Crippen LogP contribution in [0.2, 0.25) is 0 Å². The normalized spacial score (nSPS) is 13.3. The number of pyridine rings is 1. The van der Waals surface area contributed by atoms with Crippen LogP contribution < -0.4 is 9.21 Å². The number of para-hydroxylation sites is 1. The molecule has 5 aromatic rings. The zero-order valence-electron chi connectivity index (χ0n) is 22.0. The van der Waals surface area contributed by atoms with Crippen LogP contribution in [0, 0.1) is 0 Å². The lowest BCUT2D eigenvalue weighted by Gasteiger charge is -2.30. The minimum absolute atomic E-state index is 0.159. The summed E-state index contributed by atoms with van der Waals surface area (Å²) in [7, 11) is -3.77. The maximum absolute atomic E-state index is 13.9. The fourth-order valence-corrected chi connectivity index (χ4v) is 7.56. The Morgan fingerprint density at radius 1 is 1.00 bits per heavy atom. The van der Waals surface area contributed by atoms with Crippen molar-refractivity contribution in [1.29, 1.82) is 0 Å². The van der Waals surface area contributed by atoms with Gasteiger partial charge in [0.25, 0.3) is 15.9 Å². The molecule has 0 radical (unpaired) electrons. The summed E-state index contributed by atoms with van der Waals surface area (Å²) in [5.74, 6) is -0.258. The van der Waals surface area contributed by atoms with Crippen molar-refractivity contribution in [2.75, 3.05) is 15.7 Å². The minimum atomic E-state index is -3.77. The molecule has 3 heterocycles. The summed E-state index contributed by atoms with van der Waals surface area (Å²) in [6.07, 6.45) is 5.96. The van der Waals surface area contributed by atoms with E-state index in [9.17, 15) is 13.2 Å². The zero-order chi connectivity index (χ0) is 27.7. The molecular formula is C31H28N4O3S2. The van der Waals surface area contributed by atoms with Crippen molar-refractivity contribution in [2.45, 2.75) is 37.6 Å². The van der Waals surface area contributed by atoms with Gasteiger partial charge in [-0.05, 0) is 84.5 Å². The number of sulfonamides is 1. The van der Waals surface area contributed by atoms with Crippen molar-refractivity contribution < 1.29 is 13.2 Å². The van der Waals surface area contributed by atoms with E-state index in [2.05, 4.69) is 24.0 Å². The smallest absolute Gasteiger partial charge is 0.264 e. The molecule has 0 aliphatic carbocycles. The van der Waals surface area contributed by atoms with E-state index < -0.39 is 10.0 Å². The molecule has 0 saturated heterocycles. The molecule has 0 saturated carbocycles. The molecule has 0 spiro atoms. The number of rotatable bonds is 7. The number of benzene rings is 3. The van der Waals surface area contributed by atoms with Crippen molar-refractivity contribution in [2.24, 2.45) is 0 Å². The standard InChI is InChI=1S/C31H28N4O3S2/c1-2-22-11-16-27-29(19-22)39-31(33-27)34(21-23-7-5-17-32-20-23)30(36)25-12-14-26(15-13-25)40(37,38)35-18-6-9-24-8-3-4-10-28(24)35/h3-5,7-8,10-17,19-20H,2,6,9,18,21H2,1H3. The van der Waals surface area contributed by atoms with Gasteiger partial charge in [-0.2, -0.15) is 0 Å². The first kappa shape index (κ1) is 26.2. The Morgan fingerprint density at radius 2 is 1.82 bits per heavy atom. The SMILES string of the molecule is CCc1ccc2nc(N(Cc3cccnc3)C(=O)c3ccc(S(=O)(=O)N4CCCc5ccccc54)cc3)sc2c1. The first-order chi connectivity index (χ1) is 19.4. The number of hydrogen-bond acceptors (Lipinski definition) is 6. The lowest BCUT2D eigenvalue weighted by Crippen LogP contribution is -2.35. The minimum Gasteiger partial charge on any atom is -0.279 e. The molecule has 0 unspecified atom stereocenters. The molecule has 0 atom stereocenters. The first-order valence-electron chi connectivity index (χ1n) is 13.2. The topological polar surface area (TPSA) is 83.5 Å². The molecule has 1 amide bonds. The van der Waals surface area contributed by atoms with Gasteiger partial charge in [0, 0.05) is 24.5 Å². The number of anilines is 2. The molecule has 1 aliphatic rings. The van der Waals surface area contributed by atoms with Crippen LogP contribution in [0.3, 0.4) is 0 Å². The predicted molar refractivity (Wildman–Crippen MR) is 159 cm³/mol. The number of aromatic nitrogens is 2. The summed E-state index contributed by atoms with van der Waals surface area (Å²) in [5.41, 5.74) is 5.05. The second-order valence-electron chi connectivity index (χ2n) is 9.74. The van der Waals surface area contributed by atoms with Crippen LogP contribution >= 0.6 is 11.3 Å². The molecule has 6 rings (SSSR count). The number of thiazole rings is 1. The average molecular weight is 569 g/mol. The van der Waals surface area contributed by atoms with Gasteiger partial charge in [-0.1, -0.05) is 48.6 Å². The van der Waals surface area contributed by atoms with Crippen molar-refractivity contribution in [3.05, 3.63) is 114 Å². The molecular weight excluding hydrogens is 541 g/mol. The Bertz CT molecular complexity index is 1780. The van der Waals surface area contributed by atoms with Crippen molar-refractivity contribution in [3.8, 4) is 0 Å². The lowest BCUT2D eigenvalue weighted by molar-refractivity contribution is 0.0985. The highest BCUT2D eigenvalue weighted by Crippen LogP contribution is 2.33. The van der Waals surface area contributed by atoms with Crippen LogP contribution in [-0.2, 0) is 29.4 Å². The van der Waals surface area contributed by atoms with Gasteiger partial charge in [0.15, 0.2) is 5.13 Å². The Hall–Kier alpha value is -4.08. The molecule has 0 N–H and O–H groups in total. The van der Waals surface area contributed by atoms with Crippen LogP contribution in [-0.4, -0.2) is 30.8 Å². The highest BCUT2D eigenvalue weighted by atomic mass is 32.2. The Morgan fingerprint density at radius 3 is 2.60 bits per heavy atom. The van der Waals surface area contributed by atoms with E-state index in [0.717, 1.165) is 46.3 Å². The molecule has 9 heteroatoms. The first-order valence-corrected chi connectivity index (χ1v) is 15.5. The third-order valence-corrected chi connectivity index (χ3v) is 10.0. The van der Waals surface area contributed by atoms with Gasteiger partial charge < -0.3 is 0 Å². The highest BCUT2D eigenvalue weighted by molar-refractivity contribution is 7.92. The maximum Gasteiger partial charge on any atom is 0.264 e. The molecule has 2 aromatic heterocycles. The number of carbonyl (C=O) groups excluding carboxylic acids is 1. The number of nitrogens with zero attached hydrogens (tertiary/aromatic N) is 4. The fourth-order valence-electron chi connectivity index (χ4n) is 4.99. The molecule has 1 aliphatic heterocycles. The average Bonchev–Trinajstić information content (AvgIpc) is 3.43. The monoisotopic (exact) mass is 568 g/mol. The van der Waals surface area contributed by atoms with E-state index in [1.54, 1.807) is 29.4 Å². The second-order valence-corrected chi connectivity index (χ2v) is 12.6. The molecule has 0 fully saturated rings. The second kappa shape index (κ2) is 10.8. The predicted octanol–water partition coefficient (Wildman–Crippen LogP) is 6.24. The quantitative estimate of drug-likeness (QED) is 0.232. The fraction of sp³-hybridized carbons (Fsp3) is 0.194. The third-order valence-electron chi connectivity index (χ3n) is 7.15. The summed E-state index contributed by atoms with van der Waals surface area (Å²) >= 11 is 1.47. The van der Waals surface area contributed by atoms with Crippen LogP contribution in [0.4, 0.5) is 10.8 Å². The zero-order valence-corrected chi connectivity index (χ0v) is 23.7. The Balaban J connectivity index is 1.33.